The minimum Gasteiger partial charge on any atom is -0.373 e. The molecule has 1 heterocycles. The maximum absolute atomic E-state index is 5.79. The molecule has 0 aromatic heterocycles. The highest BCUT2D eigenvalue weighted by molar-refractivity contribution is 14.0. The van der Waals surface area contributed by atoms with E-state index in [1.807, 2.05) is 0 Å². The van der Waals surface area contributed by atoms with Crippen LogP contribution in [0.15, 0.2) is 29.3 Å². The molecular formula is C18H30IN3O. The zero-order valence-corrected chi connectivity index (χ0v) is 16.9. The van der Waals surface area contributed by atoms with Crippen molar-refractivity contribution in [3.63, 3.8) is 0 Å². The second kappa shape index (κ2) is 10.1. The predicted octanol–water partition coefficient (Wildman–Crippen LogP) is 3.28. The van der Waals surface area contributed by atoms with Gasteiger partial charge < -0.3 is 15.4 Å². The average Bonchev–Trinajstić information content (AvgIpc) is 2.92. The first-order valence-electron chi connectivity index (χ1n) is 8.33. The first kappa shape index (κ1) is 20.2. The van der Waals surface area contributed by atoms with E-state index in [0.717, 1.165) is 44.9 Å². The molecule has 0 amide bonds. The number of aliphatic imine (C=N–C) groups is 1. The van der Waals surface area contributed by atoms with Gasteiger partial charge in [0.15, 0.2) is 5.96 Å². The van der Waals surface area contributed by atoms with Gasteiger partial charge in [0.05, 0.1) is 12.1 Å². The summed E-state index contributed by atoms with van der Waals surface area (Å²) in [5.41, 5.74) is 2.58. The molecule has 2 rings (SSSR count). The average molecular weight is 431 g/mol. The standard InChI is InChI=1S/C18H29N3O.HI/c1-4-19-17(21-14-18(3)10-6-12-22-18)20-11-9-16-8-5-7-15(2)13-16;/h5,7-8,13H,4,6,9-12,14H2,1-3H3,(H2,19,20,21);1H. The predicted molar refractivity (Wildman–Crippen MR) is 108 cm³/mol. The highest BCUT2D eigenvalue weighted by Gasteiger charge is 2.29. The van der Waals surface area contributed by atoms with Crippen molar-refractivity contribution in [1.82, 2.24) is 10.6 Å². The quantitative estimate of drug-likeness (QED) is 0.413. The number of aryl methyl sites for hydroxylation is 1. The number of rotatable bonds is 6. The van der Waals surface area contributed by atoms with Gasteiger partial charge in [0.1, 0.15) is 0 Å². The summed E-state index contributed by atoms with van der Waals surface area (Å²) >= 11 is 0. The SMILES string of the molecule is CCNC(=NCC1(C)CCCO1)NCCc1cccc(C)c1.I. The Labute approximate surface area is 157 Å². The Hall–Kier alpha value is -0.820. The van der Waals surface area contributed by atoms with Gasteiger partial charge in [-0.25, -0.2) is 0 Å². The molecule has 0 radical (unpaired) electrons. The number of ether oxygens (including phenoxy) is 1. The van der Waals surface area contributed by atoms with Crippen molar-refractivity contribution < 1.29 is 4.74 Å². The van der Waals surface area contributed by atoms with Gasteiger partial charge in [-0.1, -0.05) is 29.8 Å². The van der Waals surface area contributed by atoms with E-state index in [-0.39, 0.29) is 29.6 Å². The van der Waals surface area contributed by atoms with Gasteiger partial charge in [-0.2, -0.15) is 0 Å². The maximum atomic E-state index is 5.79. The van der Waals surface area contributed by atoms with E-state index in [1.165, 1.54) is 11.1 Å². The van der Waals surface area contributed by atoms with Crippen molar-refractivity contribution in [3.8, 4) is 0 Å². The summed E-state index contributed by atoms with van der Waals surface area (Å²) in [4.78, 5) is 4.69. The molecule has 1 aromatic rings. The molecule has 130 valence electrons. The Morgan fingerprint density at radius 3 is 2.83 bits per heavy atom. The smallest absolute Gasteiger partial charge is 0.191 e. The molecular weight excluding hydrogens is 401 g/mol. The van der Waals surface area contributed by atoms with Crippen LogP contribution in [0.3, 0.4) is 0 Å². The zero-order valence-electron chi connectivity index (χ0n) is 14.5. The molecule has 1 fully saturated rings. The Kier molecular flexibility index (Phi) is 8.91. The molecule has 5 heteroatoms. The Morgan fingerprint density at radius 2 is 2.17 bits per heavy atom. The Morgan fingerprint density at radius 1 is 1.35 bits per heavy atom. The number of nitrogens with one attached hydrogen (secondary N) is 2. The third kappa shape index (κ3) is 7.08. The molecule has 1 aliphatic heterocycles. The summed E-state index contributed by atoms with van der Waals surface area (Å²) in [5.74, 6) is 0.881. The van der Waals surface area contributed by atoms with Gasteiger partial charge in [0.2, 0.25) is 0 Å². The van der Waals surface area contributed by atoms with E-state index in [1.54, 1.807) is 0 Å². The molecule has 0 aliphatic carbocycles. The molecule has 1 aliphatic rings. The number of hydrogen-bond donors (Lipinski definition) is 2. The van der Waals surface area contributed by atoms with Crippen LogP contribution in [-0.4, -0.2) is 37.8 Å². The topological polar surface area (TPSA) is 45.7 Å². The number of halogens is 1. The number of guanidine groups is 1. The fourth-order valence-corrected chi connectivity index (χ4v) is 2.74. The second-order valence-corrected chi connectivity index (χ2v) is 6.26. The van der Waals surface area contributed by atoms with Gasteiger partial charge >= 0.3 is 0 Å². The largest absolute Gasteiger partial charge is 0.373 e. The van der Waals surface area contributed by atoms with Gasteiger partial charge in [0, 0.05) is 19.7 Å². The van der Waals surface area contributed by atoms with Gasteiger partial charge in [-0.05, 0) is 45.6 Å². The minimum atomic E-state index is -0.0844. The molecule has 0 spiro atoms. The lowest BCUT2D eigenvalue weighted by Crippen LogP contribution is -2.40. The molecule has 1 unspecified atom stereocenters. The Bertz CT molecular complexity index is 499. The highest BCUT2D eigenvalue weighted by atomic mass is 127. The first-order chi connectivity index (χ1) is 10.6. The monoisotopic (exact) mass is 431 g/mol. The lowest BCUT2D eigenvalue weighted by molar-refractivity contribution is 0.0283. The van der Waals surface area contributed by atoms with Crippen LogP contribution in [0.2, 0.25) is 0 Å². The number of hydrogen-bond acceptors (Lipinski definition) is 2. The second-order valence-electron chi connectivity index (χ2n) is 6.26. The fourth-order valence-electron chi connectivity index (χ4n) is 2.74. The van der Waals surface area contributed by atoms with E-state index < -0.39 is 0 Å². The molecule has 1 saturated heterocycles. The summed E-state index contributed by atoms with van der Waals surface area (Å²) in [6.07, 6.45) is 3.24. The summed E-state index contributed by atoms with van der Waals surface area (Å²) in [6, 6.07) is 8.65. The van der Waals surface area contributed by atoms with Crippen molar-refractivity contribution in [2.24, 2.45) is 4.99 Å². The molecule has 23 heavy (non-hydrogen) atoms. The van der Waals surface area contributed by atoms with E-state index in [4.69, 9.17) is 4.74 Å². The van der Waals surface area contributed by atoms with Gasteiger partial charge in [0.25, 0.3) is 0 Å². The van der Waals surface area contributed by atoms with E-state index in [2.05, 4.69) is 60.7 Å². The van der Waals surface area contributed by atoms with Crippen LogP contribution in [0.25, 0.3) is 0 Å². The third-order valence-electron chi connectivity index (χ3n) is 4.00. The molecule has 0 saturated carbocycles. The highest BCUT2D eigenvalue weighted by Crippen LogP contribution is 2.24. The van der Waals surface area contributed by atoms with Crippen molar-refractivity contribution in [3.05, 3.63) is 35.4 Å². The lowest BCUT2D eigenvalue weighted by Gasteiger charge is -2.21. The van der Waals surface area contributed by atoms with Crippen molar-refractivity contribution in [2.45, 2.75) is 45.6 Å². The van der Waals surface area contributed by atoms with E-state index in [9.17, 15) is 0 Å². The van der Waals surface area contributed by atoms with E-state index >= 15 is 0 Å². The van der Waals surface area contributed by atoms with Crippen LogP contribution in [0, 0.1) is 6.92 Å². The number of benzene rings is 1. The van der Waals surface area contributed by atoms with Crippen molar-refractivity contribution >= 4 is 29.9 Å². The fraction of sp³-hybridized carbons (Fsp3) is 0.611. The van der Waals surface area contributed by atoms with Crippen LogP contribution in [-0.2, 0) is 11.2 Å². The maximum Gasteiger partial charge on any atom is 0.191 e. The van der Waals surface area contributed by atoms with Gasteiger partial charge in [-0.3, -0.25) is 4.99 Å². The first-order valence-corrected chi connectivity index (χ1v) is 8.33. The third-order valence-corrected chi connectivity index (χ3v) is 4.00. The van der Waals surface area contributed by atoms with E-state index in [0.29, 0.717) is 6.54 Å². The Balaban J connectivity index is 0.00000264. The molecule has 0 bridgehead atoms. The molecule has 1 atom stereocenters. The van der Waals surface area contributed by atoms with Crippen LogP contribution >= 0.6 is 24.0 Å². The van der Waals surface area contributed by atoms with Crippen molar-refractivity contribution in [1.29, 1.82) is 0 Å². The van der Waals surface area contributed by atoms with Crippen LogP contribution in [0.1, 0.15) is 37.8 Å². The van der Waals surface area contributed by atoms with Crippen molar-refractivity contribution in [2.75, 3.05) is 26.2 Å². The number of nitrogens with zero attached hydrogens (tertiary/aromatic N) is 1. The van der Waals surface area contributed by atoms with Crippen LogP contribution in [0.4, 0.5) is 0 Å². The van der Waals surface area contributed by atoms with Crippen LogP contribution < -0.4 is 10.6 Å². The minimum absolute atomic E-state index is 0. The molecule has 4 nitrogen and oxygen atoms in total. The lowest BCUT2D eigenvalue weighted by atomic mass is 10.0. The molecule has 1 aromatic carbocycles. The summed E-state index contributed by atoms with van der Waals surface area (Å²) in [5, 5.41) is 6.72. The molecule has 2 N–H and O–H groups in total. The van der Waals surface area contributed by atoms with Crippen LogP contribution in [0.5, 0.6) is 0 Å². The summed E-state index contributed by atoms with van der Waals surface area (Å²) in [6.45, 7) is 9.70. The summed E-state index contributed by atoms with van der Waals surface area (Å²) in [7, 11) is 0. The normalized spacial score (nSPS) is 20.9. The summed E-state index contributed by atoms with van der Waals surface area (Å²) < 4.78 is 5.79. The zero-order chi connectivity index (χ0) is 15.8. The van der Waals surface area contributed by atoms with Gasteiger partial charge in [-0.15, -0.1) is 24.0 Å².